The summed E-state index contributed by atoms with van der Waals surface area (Å²) in [5, 5.41) is 45.1. The Morgan fingerprint density at radius 3 is 2.13 bits per heavy atom. The van der Waals surface area contributed by atoms with Crippen LogP contribution in [0.3, 0.4) is 0 Å². The van der Waals surface area contributed by atoms with E-state index in [1.807, 2.05) is 0 Å². The van der Waals surface area contributed by atoms with Gasteiger partial charge in [-0.3, -0.25) is 19.2 Å². The van der Waals surface area contributed by atoms with E-state index in [1.54, 1.807) is 0 Å². The number of carbonyl (C=O) groups excluding carboxylic acids is 3. The second-order valence-electron chi connectivity index (χ2n) is 8.88. The van der Waals surface area contributed by atoms with E-state index in [4.69, 9.17) is 10.8 Å². The first-order valence-electron chi connectivity index (χ1n) is 11.9. The third-order valence-corrected chi connectivity index (χ3v) is 5.67. The number of carboxylic acids is 2. The topological polar surface area (TPSA) is 257 Å². The maximum absolute atomic E-state index is 13.2. The number of phenols is 1. The van der Waals surface area contributed by atoms with Gasteiger partial charge in [0, 0.05) is 31.2 Å². The van der Waals surface area contributed by atoms with Gasteiger partial charge in [0.25, 0.3) is 0 Å². The first kappa shape index (κ1) is 30.7. The van der Waals surface area contributed by atoms with E-state index in [0.29, 0.717) is 11.3 Å². The summed E-state index contributed by atoms with van der Waals surface area (Å²) < 4.78 is 0. The molecule has 5 atom stereocenters. The zero-order valence-electron chi connectivity index (χ0n) is 21.0. The van der Waals surface area contributed by atoms with E-state index in [0.717, 1.165) is 0 Å². The van der Waals surface area contributed by atoms with E-state index in [1.165, 1.54) is 43.7 Å². The molecule has 0 bridgehead atoms. The summed E-state index contributed by atoms with van der Waals surface area (Å²) in [6.45, 7) is 1.22. The van der Waals surface area contributed by atoms with Gasteiger partial charge < -0.3 is 47.1 Å². The molecule has 10 N–H and O–H groups in total. The summed E-state index contributed by atoms with van der Waals surface area (Å²) in [6, 6.07) is 0.145. The number of aromatic hydroxyl groups is 1. The van der Waals surface area contributed by atoms with Crippen LogP contribution in [0.2, 0.25) is 0 Å². The monoisotopic (exact) mass is 548 g/mol. The predicted molar refractivity (Wildman–Crippen MR) is 134 cm³/mol. The van der Waals surface area contributed by atoms with E-state index in [-0.39, 0.29) is 25.0 Å². The molecule has 2 rings (SSSR count). The Kier molecular flexibility index (Phi) is 11.4. The van der Waals surface area contributed by atoms with Gasteiger partial charge in [0.2, 0.25) is 17.7 Å². The fourth-order valence-electron chi connectivity index (χ4n) is 3.50. The number of aliphatic carboxylic acids is 2. The average molecular weight is 549 g/mol. The van der Waals surface area contributed by atoms with E-state index < -0.39 is 66.4 Å². The summed E-state index contributed by atoms with van der Waals surface area (Å²) >= 11 is 0. The van der Waals surface area contributed by atoms with Crippen LogP contribution in [0, 0.1) is 0 Å². The number of aliphatic hydroxyl groups excluding tert-OH is 1. The fraction of sp³-hybridized carbons (Fsp3) is 0.417. The van der Waals surface area contributed by atoms with Gasteiger partial charge in [0.15, 0.2) is 0 Å². The molecule has 1 aromatic carbocycles. The zero-order valence-corrected chi connectivity index (χ0v) is 21.0. The standard InChI is InChI=1S/C24H32N6O9/c1-12(31)20(30-21(35)16(25)6-7-19(33)34)23(37)28-17(8-13-2-4-15(32)5-3-13)22(36)29-18(24(38)39)9-14-10-26-11-27-14/h2-5,10-12,16-18,20,31-32H,6-9,25H2,1H3,(H,26,27)(H,28,37)(H,29,36)(H,30,35)(H,33,34)(H,38,39). The van der Waals surface area contributed by atoms with Crippen LogP contribution < -0.4 is 21.7 Å². The number of H-pyrrole nitrogens is 1. The number of aromatic amines is 1. The molecule has 39 heavy (non-hydrogen) atoms. The highest BCUT2D eigenvalue weighted by Gasteiger charge is 2.33. The van der Waals surface area contributed by atoms with Crippen molar-refractivity contribution in [3.8, 4) is 5.75 Å². The maximum atomic E-state index is 13.2. The maximum Gasteiger partial charge on any atom is 0.326 e. The molecular formula is C24H32N6O9. The van der Waals surface area contributed by atoms with Crippen molar-refractivity contribution >= 4 is 29.7 Å². The van der Waals surface area contributed by atoms with Crippen molar-refractivity contribution in [3.05, 3.63) is 48.0 Å². The van der Waals surface area contributed by atoms with Gasteiger partial charge in [-0.05, 0) is 31.0 Å². The second-order valence-corrected chi connectivity index (χ2v) is 8.88. The molecule has 1 aromatic heterocycles. The third kappa shape index (κ3) is 10.1. The minimum Gasteiger partial charge on any atom is -0.508 e. The van der Waals surface area contributed by atoms with Crippen LogP contribution >= 0.6 is 0 Å². The Hall–Kier alpha value is -4.50. The molecule has 5 unspecified atom stereocenters. The van der Waals surface area contributed by atoms with Crippen molar-refractivity contribution in [1.29, 1.82) is 0 Å². The van der Waals surface area contributed by atoms with Crippen LogP contribution in [0.25, 0.3) is 0 Å². The second kappa shape index (κ2) is 14.4. The quantitative estimate of drug-likeness (QED) is 0.118. The minimum atomic E-state index is -1.57. The number of carbonyl (C=O) groups is 5. The highest BCUT2D eigenvalue weighted by Crippen LogP contribution is 2.12. The lowest BCUT2D eigenvalue weighted by molar-refractivity contribution is -0.142. The smallest absolute Gasteiger partial charge is 0.326 e. The number of benzene rings is 1. The van der Waals surface area contributed by atoms with Gasteiger partial charge in [-0.1, -0.05) is 12.1 Å². The van der Waals surface area contributed by atoms with Gasteiger partial charge in [-0.2, -0.15) is 0 Å². The normalized spacial score (nSPS) is 14.7. The summed E-state index contributed by atoms with van der Waals surface area (Å²) in [6.07, 6.45) is 0.447. The number of amides is 3. The van der Waals surface area contributed by atoms with Gasteiger partial charge in [-0.25, -0.2) is 9.78 Å². The van der Waals surface area contributed by atoms with E-state index >= 15 is 0 Å². The molecule has 15 heteroatoms. The Morgan fingerprint density at radius 1 is 0.949 bits per heavy atom. The molecule has 212 valence electrons. The number of nitrogens with one attached hydrogen (secondary N) is 4. The lowest BCUT2D eigenvalue weighted by Crippen LogP contribution is -2.60. The first-order chi connectivity index (χ1) is 18.4. The summed E-state index contributed by atoms with van der Waals surface area (Å²) in [5.41, 5.74) is 6.63. The molecule has 15 nitrogen and oxygen atoms in total. The van der Waals surface area contributed by atoms with Crippen molar-refractivity contribution in [2.75, 3.05) is 0 Å². The van der Waals surface area contributed by atoms with Crippen LogP contribution in [0.5, 0.6) is 5.75 Å². The summed E-state index contributed by atoms with van der Waals surface area (Å²) in [7, 11) is 0. The number of hydrogen-bond donors (Lipinski definition) is 9. The Labute approximate surface area is 222 Å². The molecule has 0 saturated carbocycles. The highest BCUT2D eigenvalue weighted by atomic mass is 16.4. The number of rotatable bonds is 15. The zero-order chi connectivity index (χ0) is 29.1. The Morgan fingerprint density at radius 2 is 1.59 bits per heavy atom. The van der Waals surface area contributed by atoms with Gasteiger partial charge in [0.1, 0.15) is 23.9 Å². The van der Waals surface area contributed by atoms with E-state index in [9.17, 15) is 39.3 Å². The number of aliphatic hydroxyl groups is 1. The molecule has 0 fully saturated rings. The molecule has 2 aromatic rings. The fourth-order valence-corrected chi connectivity index (χ4v) is 3.50. The number of nitrogens with zero attached hydrogens (tertiary/aromatic N) is 1. The molecule has 0 aliphatic carbocycles. The number of nitrogens with two attached hydrogens (primary N) is 1. The Balaban J connectivity index is 2.21. The largest absolute Gasteiger partial charge is 0.508 e. The molecule has 0 radical (unpaired) electrons. The van der Waals surface area contributed by atoms with Gasteiger partial charge >= 0.3 is 11.9 Å². The van der Waals surface area contributed by atoms with Crippen LogP contribution in [-0.4, -0.2) is 90.3 Å². The average Bonchev–Trinajstić information content (AvgIpc) is 3.38. The lowest BCUT2D eigenvalue weighted by Gasteiger charge is -2.26. The molecular weight excluding hydrogens is 516 g/mol. The van der Waals surface area contributed by atoms with Crippen LogP contribution in [0.4, 0.5) is 0 Å². The minimum absolute atomic E-state index is 0.0367. The van der Waals surface area contributed by atoms with E-state index in [2.05, 4.69) is 25.9 Å². The number of phenolic OH excluding ortho intramolecular Hbond substituents is 1. The predicted octanol–water partition coefficient (Wildman–Crippen LogP) is -1.99. The lowest BCUT2D eigenvalue weighted by atomic mass is 10.0. The van der Waals surface area contributed by atoms with Crippen molar-refractivity contribution in [3.63, 3.8) is 0 Å². The van der Waals surface area contributed by atoms with Crippen LogP contribution in [0.1, 0.15) is 31.0 Å². The van der Waals surface area contributed by atoms with Crippen molar-refractivity contribution < 1.29 is 44.4 Å². The first-order valence-corrected chi connectivity index (χ1v) is 11.9. The SMILES string of the molecule is CC(O)C(NC(=O)C(N)CCC(=O)O)C(=O)NC(Cc1ccc(O)cc1)C(=O)NC(Cc1cnc[nH]1)C(=O)O. The Bertz CT molecular complexity index is 1140. The molecule has 0 aliphatic rings. The van der Waals surface area contributed by atoms with Crippen molar-refractivity contribution in [1.82, 2.24) is 25.9 Å². The molecule has 0 aliphatic heterocycles. The molecule has 3 amide bonds. The van der Waals surface area contributed by atoms with Gasteiger partial charge in [-0.15, -0.1) is 0 Å². The van der Waals surface area contributed by atoms with Crippen LogP contribution in [-0.2, 0) is 36.8 Å². The number of aromatic nitrogens is 2. The molecule has 0 spiro atoms. The van der Waals surface area contributed by atoms with Crippen molar-refractivity contribution in [2.45, 2.75) is 62.9 Å². The molecule has 0 saturated heterocycles. The summed E-state index contributed by atoms with van der Waals surface area (Å²) in [5.74, 6) is -5.26. The number of hydrogen-bond acceptors (Lipinski definition) is 9. The number of carboxylic acid groups (broad SMARTS) is 2. The third-order valence-electron chi connectivity index (χ3n) is 5.67. The van der Waals surface area contributed by atoms with Crippen LogP contribution in [0.15, 0.2) is 36.8 Å². The highest BCUT2D eigenvalue weighted by molar-refractivity contribution is 5.94. The van der Waals surface area contributed by atoms with Crippen molar-refractivity contribution in [2.24, 2.45) is 5.73 Å². The van der Waals surface area contributed by atoms with Gasteiger partial charge in [0.05, 0.1) is 18.5 Å². The molecule has 1 heterocycles. The summed E-state index contributed by atoms with van der Waals surface area (Å²) in [4.78, 5) is 67.7. The number of imidazole rings is 1.